The largest absolute Gasteiger partial charge is 0.439 e. The Labute approximate surface area is 231 Å². The summed E-state index contributed by atoms with van der Waals surface area (Å²) in [6, 6.07) is 10.6. The Kier molecular flexibility index (Phi) is 9.59. The molecule has 2 fully saturated rings. The van der Waals surface area contributed by atoms with Crippen LogP contribution in [0.3, 0.4) is 0 Å². The van der Waals surface area contributed by atoms with Gasteiger partial charge < -0.3 is 20.1 Å². The third-order valence-electron chi connectivity index (χ3n) is 6.75. The summed E-state index contributed by atoms with van der Waals surface area (Å²) >= 11 is 1.31. The molecule has 2 aliphatic heterocycles. The molecule has 2 aromatic rings. The van der Waals surface area contributed by atoms with Gasteiger partial charge in [-0.25, -0.2) is 23.5 Å². The van der Waals surface area contributed by atoms with E-state index in [0.29, 0.717) is 42.9 Å². The molecular formula is C26H33N3O8S2. The fraction of sp³-hybridized carbons (Fsp3) is 0.500. The predicted molar refractivity (Wildman–Crippen MR) is 146 cm³/mol. The number of benzene rings is 1. The van der Waals surface area contributed by atoms with Crippen LogP contribution in [0.2, 0.25) is 0 Å². The minimum absolute atomic E-state index is 0.0136. The third-order valence-corrected chi connectivity index (χ3v) is 10.8. The van der Waals surface area contributed by atoms with E-state index in [1.54, 1.807) is 24.3 Å². The Balaban J connectivity index is 1.51. The average molecular weight is 580 g/mol. The first-order valence-electron chi connectivity index (χ1n) is 12.9. The highest BCUT2D eigenvalue weighted by molar-refractivity contribution is 7.92. The lowest BCUT2D eigenvalue weighted by molar-refractivity contribution is -0.200. The minimum Gasteiger partial charge on any atom is -0.439 e. The van der Waals surface area contributed by atoms with Gasteiger partial charge in [0.05, 0.1) is 12.2 Å². The molecule has 1 aromatic heterocycles. The number of sulfone groups is 1. The molecule has 2 atom stereocenters. The molecule has 11 nitrogen and oxygen atoms in total. The fourth-order valence-corrected chi connectivity index (χ4v) is 8.51. The van der Waals surface area contributed by atoms with Crippen LogP contribution in [0.25, 0.3) is 10.4 Å². The number of carbonyl (C=O) groups excluding carboxylic acids is 3. The molecule has 0 spiro atoms. The van der Waals surface area contributed by atoms with Gasteiger partial charge in [-0.3, -0.25) is 9.59 Å². The normalized spacial score (nSPS) is 22.4. The summed E-state index contributed by atoms with van der Waals surface area (Å²) < 4.78 is 35.8. The van der Waals surface area contributed by atoms with Crippen LogP contribution >= 0.6 is 11.3 Å². The smallest absolute Gasteiger partial charge is 0.407 e. The van der Waals surface area contributed by atoms with Crippen LogP contribution in [0.5, 0.6) is 0 Å². The van der Waals surface area contributed by atoms with Crippen molar-refractivity contribution in [2.75, 3.05) is 31.3 Å². The molecule has 0 aliphatic carbocycles. The number of amides is 3. The SMILES string of the molecule is CNC(=O)OCC(=O)Nc1cccc(-c2ccc([C@@]3(CC(=O)NOC4CCCCO4)CCCCS3(=O)=O)s2)c1. The summed E-state index contributed by atoms with van der Waals surface area (Å²) in [6.07, 6.45) is 2.64. The van der Waals surface area contributed by atoms with Crippen molar-refractivity contribution in [3.05, 3.63) is 41.3 Å². The summed E-state index contributed by atoms with van der Waals surface area (Å²) in [5.41, 5.74) is 3.68. The second-order valence-electron chi connectivity index (χ2n) is 9.51. The molecular weight excluding hydrogens is 546 g/mol. The number of hydrogen-bond acceptors (Lipinski definition) is 9. The van der Waals surface area contributed by atoms with E-state index in [1.807, 2.05) is 12.1 Å². The molecule has 3 N–H and O–H groups in total. The number of rotatable bonds is 9. The van der Waals surface area contributed by atoms with Crippen molar-refractivity contribution in [2.45, 2.75) is 56.0 Å². The Morgan fingerprint density at radius 1 is 1.10 bits per heavy atom. The lowest BCUT2D eigenvalue weighted by Crippen LogP contribution is -2.45. The number of hydrogen-bond donors (Lipinski definition) is 3. The summed E-state index contributed by atoms with van der Waals surface area (Å²) in [5.74, 6) is -0.991. The highest BCUT2D eigenvalue weighted by Crippen LogP contribution is 2.47. The van der Waals surface area contributed by atoms with Crippen molar-refractivity contribution < 1.29 is 37.1 Å². The Bertz CT molecular complexity index is 1290. The van der Waals surface area contributed by atoms with Gasteiger partial charge in [-0.05, 0) is 55.5 Å². The van der Waals surface area contributed by atoms with E-state index in [-0.39, 0.29) is 12.2 Å². The zero-order valence-corrected chi connectivity index (χ0v) is 23.3. The maximum atomic E-state index is 13.5. The lowest BCUT2D eigenvalue weighted by atomic mass is 9.94. The Hall–Kier alpha value is -3.00. The van der Waals surface area contributed by atoms with Gasteiger partial charge in [0.25, 0.3) is 5.91 Å². The van der Waals surface area contributed by atoms with Crippen LogP contribution in [0, 0.1) is 0 Å². The van der Waals surface area contributed by atoms with Gasteiger partial charge in [0, 0.05) is 35.5 Å². The number of thiophene rings is 1. The summed E-state index contributed by atoms with van der Waals surface area (Å²) in [4.78, 5) is 43.0. The second kappa shape index (κ2) is 12.9. The zero-order valence-electron chi connectivity index (χ0n) is 21.7. The number of nitrogens with one attached hydrogen (secondary N) is 3. The van der Waals surface area contributed by atoms with Crippen LogP contribution in [-0.2, 0) is 38.5 Å². The number of ether oxygens (including phenoxy) is 2. The first-order chi connectivity index (χ1) is 18.7. The standard InChI is InChI=1S/C26H33N3O8S2/c1-27-25(32)36-17-23(31)28-19-8-6-7-18(15-19)20-10-11-21(38-20)26(12-3-5-14-39(26,33)34)16-22(30)29-37-24-9-2-4-13-35-24/h6-8,10-11,15,24H,2-5,9,12-14,16-17H2,1H3,(H,27,32)(H,28,31)(H,29,30)/t24?,26-/m0/s1. The van der Waals surface area contributed by atoms with Crippen molar-refractivity contribution >= 4 is 44.8 Å². The van der Waals surface area contributed by atoms with E-state index in [2.05, 4.69) is 16.1 Å². The highest BCUT2D eigenvalue weighted by Gasteiger charge is 2.49. The van der Waals surface area contributed by atoms with Gasteiger partial charge in [-0.15, -0.1) is 11.3 Å². The number of carbonyl (C=O) groups is 3. The molecule has 1 unspecified atom stereocenters. The molecule has 0 saturated carbocycles. The van der Waals surface area contributed by atoms with E-state index in [0.717, 1.165) is 23.3 Å². The first-order valence-corrected chi connectivity index (χ1v) is 15.3. The first kappa shape index (κ1) is 29.0. The van der Waals surface area contributed by atoms with Crippen molar-refractivity contribution in [2.24, 2.45) is 0 Å². The van der Waals surface area contributed by atoms with E-state index in [4.69, 9.17) is 14.3 Å². The van der Waals surface area contributed by atoms with Crippen LogP contribution < -0.4 is 16.1 Å². The molecule has 2 saturated heterocycles. The summed E-state index contributed by atoms with van der Waals surface area (Å²) in [7, 11) is -2.23. The molecule has 39 heavy (non-hydrogen) atoms. The lowest BCUT2D eigenvalue weighted by Gasteiger charge is -2.35. The van der Waals surface area contributed by atoms with Crippen molar-refractivity contribution in [1.82, 2.24) is 10.8 Å². The summed E-state index contributed by atoms with van der Waals surface area (Å²) in [6.45, 7) is 0.123. The molecule has 4 rings (SSSR count). The average Bonchev–Trinajstić information content (AvgIpc) is 3.43. The molecule has 212 valence electrons. The Morgan fingerprint density at radius 3 is 2.69 bits per heavy atom. The van der Waals surface area contributed by atoms with Crippen molar-refractivity contribution in [3.63, 3.8) is 0 Å². The van der Waals surface area contributed by atoms with Gasteiger partial charge in [0.2, 0.25) is 5.91 Å². The molecule has 3 amide bonds. The van der Waals surface area contributed by atoms with Gasteiger partial charge in [-0.2, -0.15) is 0 Å². The van der Waals surface area contributed by atoms with E-state index in [9.17, 15) is 22.8 Å². The molecule has 13 heteroatoms. The van der Waals surface area contributed by atoms with Gasteiger partial charge in [-0.1, -0.05) is 18.6 Å². The van der Waals surface area contributed by atoms with Crippen LogP contribution in [0.4, 0.5) is 10.5 Å². The van der Waals surface area contributed by atoms with Crippen molar-refractivity contribution in [1.29, 1.82) is 0 Å². The molecule has 0 bridgehead atoms. The molecule has 1 aromatic carbocycles. The molecule has 0 radical (unpaired) electrons. The van der Waals surface area contributed by atoms with Crippen LogP contribution in [0.15, 0.2) is 36.4 Å². The van der Waals surface area contributed by atoms with Crippen LogP contribution in [-0.4, -0.2) is 58.6 Å². The molecule has 3 heterocycles. The maximum absolute atomic E-state index is 13.5. The monoisotopic (exact) mass is 579 g/mol. The zero-order chi connectivity index (χ0) is 27.9. The number of anilines is 1. The fourth-order valence-electron chi connectivity index (χ4n) is 4.73. The van der Waals surface area contributed by atoms with E-state index < -0.39 is 45.4 Å². The quantitative estimate of drug-likeness (QED) is 0.383. The number of hydroxylamine groups is 1. The summed E-state index contributed by atoms with van der Waals surface area (Å²) in [5, 5.41) is 4.94. The topological polar surface area (TPSA) is 149 Å². The Morgan fingerprint density at radius 2 is 1.95 bits per heavy atom. The van der Waals surface area contributed by atoms with Crippen molar-refractivity contribution in [3.8, 4) is 10.4 Å². The van der Waals surface area contributed by atoms with Gasteiger partial charge >= 0.3 is 6.09 Å². The minimum atomic E-state index is -3.63. The van der Waals surface area contributed by atoms with Gasteiger partial charge in [0.1, 0.15) is 4.75 Å². The maximum Gasteiger partial charge on any atom is 0.407 e. The van der Waals surface area contributed by atoms with Crippen LogP contribution in [0.1, 0.15) is 49.8 Å². The van der Waals surface area contributed by atoms with Gasteiger partial charge in [0.15, 0.2) is 22.7 Å². The van der Waals surface area contributed by atoms with E-state index in [1.165, 1.54) is 18.4 Å². The predicted octanol–water partition coefficient (Wildman–Crippen LogP) is 3.47. The van der Waals surface area contributed by atoms with E-state index >= 15 is 0 Å². The third kappa shape index (κ3) is 7.15. The number of alkyl carbamates (subject to hydrolysis) is 1. The molecule has 2 aliphatic rings. The highest BCUT2D eigenvalue weighted by atomic mass is 32.2. The second-order valence-corrected chi connectivity index (χ2v) is 13.0.